The van der Waals surface area contributed by atoms with Gasteiger partial charge in [-0.3, -0.25) is 9.59 Å². The molecule has 0 saturated heterocycles. The molecule has 4 N–H and O–H groups in total. The number of amides is 2. The predicted molar refractivity (Wildman–Crippen MR) is 71.4 cm³/mol. The van der Waals surface area contributed by atoms with Gasteiger partial charge in [-0.1, -0.05) is 30.3 Å². The zero-order valence-corrected chi connectivity index (χ0v) is 10.4. The van der Waals surface area contributed by atoms with Crippen molar-refractivity contribution in [2.24, 2.45) is 5.73 Å². The highest BCUT2D eigenvalue weighted by Crippen LogP contribution is 2.19. The summed E-state index contributed by atoms with van der Waals surface area (Å²) >= 11 is 0. The third-order valence-corrected chi connectivity index (χ3v) is 2.87. The van der Waals surface area contributed by atoms with E-state index in [1.807, 2.05) is 30.3 Å². The second-order valence-corrected chi connectivity index (χ2v) is 4.29. The van der Waals surface area contributed by atoms with Gasteiger partial charge in [0.1, 0.15) is 0 Å². The number of nitrogens with one attached hydrogen (secondary N) is 1. The summed E-state index contributed by atoms with van der Waals surface area (Å²) in [5.41, 5.74) is 6.05. The van der Waals surface area contributed by atoms with Gasteiger partial charge in [0.2, 0.25) is 6.23 Å². The molecule has 2 aromatic carbocycles. The Bertz CT molecular complexity index is 652. The fraction of sp³-hybridized carbons (Fsp3) is 0.143. The van der Waals surface area contributed by atoms with Crippen molar-refractivity contribution in [1.29, 1.82) is 0 Å². The Morgan fingerprint density at radius 1 is 1.21 bits per heavy atom. The van der Waals surface area contributed by atoms with Gasteiger partial charge >= 0.3 is 0 Å². The molecule has 5 nitrogen and oxygen atoms in total. The standard InChI is InChI=1S/C14H14N2O3/c1-8-6-9-4-2-3-5-10(9)7-11(8)13(18)16-14(19)12(15)17/h2-7,14,19H,1H3,(H2,15,17)(H,16,18). The summed E-state index contributed by atoms with van der Waals surface area (Å²) in [7, 11) is 0. The number of rotatable bonds is 3. The van der Waals surface area contributed by atoms with E-state index in [1.165, 1.54) is 0 Å². The van der Waals surface area contributed by atoms with Crippen molar-refractivity contribution < 1.29 is 14.7 Å². The molecule has 1 unspecified atom stereocenters. The molecule has 2 amide bonds. The molecule has 0 bridgehead atoms. The first-order chi connectivity index (χ1) is 8.99. The summed E-state index contributed by atoms with van der Waals surface area (Å²) in [6, 6.07) is 11.2. The van der Waals surface area contributed by atoms with E-state index in [0.717, 1.165) is 16.3 Å². The minimum absolute atomic E-state index is 0.402. The Hall–Kier alpha value is -2.40. The van der Waals surface area contributed by atoms with Crippen LogP contribution in [0.4, 0.5) is 0 Å². The highest BCUT2D eigenvalue weighted by Gasteiger charge is 2.17. The number of aryl methyl sites for hydroxylation is 1. The highest BCUT2D eigenvalue weighted by atomic mass is 16.3. The molecule has 0 fully saturated rings. The maximum Gasteiger partial charge on any atom is 0.267 e. The first-order valence-corrected chi connectivity index (χ1v) is 5.76. The molecule has 98 valence electrons. The van der Waals surface area contributed by atoms with Crippen LogP contribution >= 0.6 is 0 Å². The molecule has 0 spiro atoms. The lowest BCUT2D eigenvalue weighted by atomic mass is 10.0. The second-order valence-electron chi connectivity index (χ2n) is 4.29. The molecular weight excluding hydrogens is 244 g/mol. The fourth-order valence-corrected chi connectivity index (χ4v) is 1.87. The molecule has 0 aliphatic carbocycles. The Balaban J connectivity index is 2.36. The largest absolute Gasteiger partial charge is 0.366 e. The summed E-state index contributed by atoms with van der Waals surface area (Å²) in [5, 5.41) is 13.3. The van der Waals surface area contributed by atoms with Crippen LogP contribution in [0, 0.1) is 6.92 Å². The average Bonchev–Trinajstić information content (AvgIpc) is 2.37. The van der Waals surface area contributed by atoms with Gasteiger partial charge in [0.25, 0.3) is 11.8 Å². The molecular formula is C14H14N2O3. The summed E-state index contributed by atoms with van der Waals surface area (Å²) < 4.78 is 0. The van der Waals surface area contributed by atoms with Crippen LogP contribution < -0.4 is 11.1 Å². The van der Waals surface area contributed by atoms with Crippen LogP contribution in [0.2, 0.25) is 0 Å². The van der Waals surface area contributed by atoms with Crippen LogP contribution in [0.3, 0.4) is 0 Å². The third kappa shape index (κ3) is 2.71. The quantitative estimate of drug-likeness (QED) is 0.707. The average molecular weight is 258 g/mol. The second kappa shape index (κ2) is 5.07. The molecule has 0 aliphatic rings. The molecule has 5 heteroatoms. The van der Waals surface area contributed by atoms with Crippen molar-refractivity contribution >= 4 is 22.6 Å². The minimum Gasteiger partial charge on any atom is -0.366 e. The van der Waals surface area contributed by atoms with Gasteiger partial charge in [0.15, 0.2) is 0 Å². The molecule has 0 radical (unpaired) electrons. The molecule has 1 atom stereocenters. The summed E-state index contributed by atoms with van der Waals surface area (Å²) in [5.74, 6) is -1.53. The van der Waals surface area contributed by atoms with Crippen molar-refractivity contribution in [3.8, 4) is 0 Å². The number of nitrogens with two attached hydrogens (primary N) is 1. The fourth-order valence-electron chi connectivity index (χ4n) is 1.87. The Kier molecular flexibility index (Phi) is 3.48. The van der Waals surface area contributed by atoms with Crippen molar-refractivity contribution in [1.82, 2.24) is 5.32 Å². The smallest absolute Gasteiger partial charge is 0.267 e. The van der Waals surface area contributed by atoms with E-state index in [0.29, 0.717) is 5.56 Å². The predicted octanol–water partition coefficient (Wildman–Crippen LogP) is 0.682. The van der Waals surface area contributed by atoms with Crippen LogP contribution in [-0.2, 0) is 4.79 Å². The van der Waals surface area contributed by atoms with E-state index >= 15 is 0 Å². The van der Waals surface area contributed by atoms with E-state index in [9.17, 15) is 14.7 Å². The molecule has 2 aromatic rings. The summed E-state index contributed by atoms with van der Waals surface area (Å²) in [6.45, 7) is 1.79. The lowest BCUT2D eigenvalue weighted by Crippen LogP contribution is -2.44. The molecule has 0 aliphatic heterocycles. The number of fused-ring (bicyclic) bond motifs is 1. The van der Waals surface area contributed by atoms with Crippen LogP contribution in [-0.4, -0.2) is 23.1 Å². The molecule has 0 saturated carbocycles. The third-order valence-electron chi connectivity index (χ3n) is 2.87. The zero-order chi connectivity index (χ0) is 14.0. The monoisotopic (exact) mass is 258 g/mol. The van der Waals surface area contributed by atoms with Crippen LogP contribution in [0.25, 0.3) is 10.8 Å². The topological polar surface area (TPSA) is 92.4 Å². The molecule has 2 rings (SSSR count). The lowest BCUT2D eigenvalue weighted by Gasteiger charge is -2.11. The number of carbonyl (C=O) groups is 2. The van der Waals surface area contributed by atoms with E-state index in [4.69, 9.17) is 5.73 Å². The Labute approximate surface area is 110 Å². The maximum atomic E-state index is 11.9. The van der Waals surface area contributed by atoms with Gasteiger partial charge in [0.05, 0.1) is 0 Å². The number of benzene rings is 2. The SMILES string of the molecule is Cc1cc2ccccc2cc1C(=O)NC(O)C(N)=O. The molecule has 0 heterocycles. The van der Waals surface area contributed by atoms with Crippen LogP contribution in [0.1, 0.15) is 15.9 Å². The van der Waals surface area contributed by atoms with Crippen LogP contribution in [0.5, 0.6) is 0 Å². The normalized spacial score (nSPS) is 12.1. The van der Waals surface area contributed by atoms with Crippen LogP contribution in [0.15, 0.2) is 36.4 Å². The van der Waals surface area contributed by atoms with Crippen molar-refractivity contribution in [3.05, 3.63) is 47.5 Å². The van der Waals surface area contributed by atoms with Crippen molar-refractivity contribution in [2.45, 2.75) is 13.2 Å². The van der Waals surface area contributed by atoms with E-state index in [1.54, 1.807) is 13.0 Å². The number of hydrogen-bond donors (Lipinski definition) is 3. The summed E-state index contributed by atoms with van der Waals surface area (Å²) in [6.07, 6.45) is -1.68. The lowest BCUT2D eigenvalue weighted by molar-refractivity contribution is -0.127. The van der Waals surface area contributed by atoms with E-state index in [2.05, 4.69) is 5.32 Å². The van der Waals surface area contributed by atoms with Crippen molar-refractivity contribution in [3.63, 3.8) is 0 Å². The number of primary amides is 1. The number of hydrogen-bond acceptors (Lipinski definition) is 3. The first-order valence-electron chi connectivity index (χ1n) is 5.76. The summed E-state index contributed by atoms with van der Waals surface area (Å²) in [4.78, 5) is 22.7. The number of aliphatic hydroxyl groups excluding tert-OH is 1. The van der Waals surface area contributed by atoms with Gasteiger partial charge in [-0.25, -0.2) is 0 Å². The van der Waals surface area contributed by atoms with E-state index < -0.39 is 18.0 Å². The highest BCUT2D eigenvalue weighted by molar-refractivity contribution is 6.01. The van der Waals surface area contributed by atoms with Crippen molar-refractivity contribution in [2.75, 3.05) is 0 Å². The minimum atomic E-state index is -1.68. The molecule has 0 aromatic heterocycles. The van der Waals surface area contributed by atoms with Gasteiger partial charge in [-0.2, -0.15) is 0 Å². The maximum absolute atomic E-state index is 11.9. The molecule has 19 heavy (non-hydrogen) atoms. The number of carbonyl (C=O) groups excluding carboxylic acids is 2. The van der Waals surface area contributed by atoms with Gasteiger partial charge in [-0.05, 0) is 29.3 Å². The Morgan fingerprint density at radius 2 is 1.79 bits per heavy atom. The Morgan fingerprint density at radius 3 is 2.37 bits per heavy atom. The zero-order valence-electron chi connectivity index (χ0n) is 10.4. The van der Waals surface area contributed by atoms with Gasteiger partial charge < -0.3 is 16.2 Å². The van der Waals surface area contributed by atoms with Gasteiger partial charge in [0, 0.05) is 5.56 Å². The first kappa shape index (κ1) is 13.0. The number of aliphatic hydroxyl groups is 1. The van der Waals surface area contributed by atoms with Gasteiger partial charge in [-0.15, -0.1) is 0 Å². The van der Waals surface area contributed by atoms with E-state index in [-0.39, 0.29) is 0 Å².